The van der Waals surface area contributed by atoms with Gasteiger partial charge in [0.05, 0.1) is 6.61 Å². The molecule has 1 N–H and O–H groups in total. The first-order valence-corrected chi connectivity index (χ1v) is 6.47. The lowest BCUT2D eigenvalue weighted by Gasteiger charge is -2.07. The fraction of sp³-hybridized carbons (Fsp3) is 0.333. The SMILES string of the molecule is CCOC(=O)CS(=O)(=O)Nc1ccc(F)nc1F. The molecule has 100 valence electrons. The highest BCUT2D eigenvalue weighted by Gasteiger charge is 2.19. The van der Waals surface area contributed by atoms with Gasteiger partial charge in [0.15, 0.2) is 5.75 Å². The number of nitrogens with one attached hydrogen (secondary N) is 1. The molecular formula is C9H10F2N2O4S. The second kappa shape index (κ2) is 5.71. The minimum atomic E-state index is -4.12. The zero-order valence-electron chi connectivity index (χ0n) is 9.31. The van der Waals surface area contributed by atoms with E-state index in [1.165, 1.54) is 6.92 Å². The third kappa shape index (κ3) is 4.24. The largest absolute Gasteiger partial charge is 0.465 e. The topological polar surface area (TPSA) is 85.4 Å². The Labute approximate surface area is 102 Å². The van der Waals surface area contributed by atoms with Crippen molar-refractivity contribution in [1.29, 1.82) is 0 Å². The Morgan fingerprint density at radius 1 is 1.44 bits per heavy atom. The number of pyridine rings is 1. The quantitative estimate of drug-likeness (QED) is 0.632. The van der Waals surface area contributed by atoms with Gasteiger partial charge >= 0.3 is 5.97 Å². The van der Waals surface area contributed by atoms with Gasteiger partial charge in [-0.3, -0.25) is 9.52 Å². The van der Waals surface area contributed by atoms with Crippen molar-refractivity contribution in [2.75, 3.05) is 17.1 Å². The summed E-state index contributed by atoms with van der Waals surface area (Å²) in [4.78, 5) is 13.8. The summed E-state index contributed by atoms with van der Waals surface area (Å²) in [5.74, 6) is -4.33. The number of anilines is 1. The fourth-order valence-corrected chi connectivity index (χ4v) is 2.00. The first kappa shape index (κ1) is 14.3. The number of ether oxygens (including phenoxy) is 1. The number of carbonyl (C=O) groups excluding carboxylic acids is 1. The first-order chi connectivity index (χ1) is 8.34. The Morgan fingerprint density at radius 2 is 2.11 bits per heavy atom. The lowest BCUT2D eigenvalue weighted by Crippen LogP contribution is -2.25. The van der Waals surface area contributed by atoms with Gasteiger partial charge in [0.25, 0.3) is 0 Å². The highest BCUT2D eigenvalue weighted by molar-refractivity contribution is 7.93. The van der Waals surface area contributed by atoms with Crippen LogP contribution in [0.1, 0.15) is 6.92 Å². The highest BCUT2D eigenvalue weighted by atomic mass is 32.2. The summed E-state index contributed by atoms with van der Waals surface area (Å²) in [5, 5.41) is 0. The molecule has 0 fully saturated rings. The molecule has 0 atom stereocenters. The summed E-state index contributed by atoms with van der Waals surface area (Å²) in [5.41, 5.74) is -0.541. The molecule has 1 rings (SSSR count). The number of halogens is 2. The van der Waals surface area contributed by atoms with Gasteiger partial charge in [0, 0.05) is 0 Å². The fourth-order valence-electron chi connectivity index (χ4n) is 1.05. The summed E-state index contributed by atoms with van der Waals surface area (Å²) in [6, 6.07) is 1.64. The molecule has 0 aliphatic rings. The maximum Gasteiger partial charge on any atom is 0.323 e. The van der Waals surface area contributed by atoms with E-state index in [1.807, 2.05) is 0 Å². The van der Waals surface area contributed by atoms with E-state index in [9.17, 15) is 22.0 Å². The summed E-state index contributed by atoms with van der Waals surface area (Å²) in [6.07, 6.45) is 0. The van der Waals surface area contributed by atoms with E-state index >= 15 is 0 Å². The Hall–Kier alpha value is -1.77. The molecule has 0 amide bonds. The molecule has 1 aromatic rings. The van der Waals surface area contributed by atoms with Crippen molar-refractivity contribution in [2.45, 2.75) is 6.92 Å². The maximum atomic E-state index is 13.1. The second-order valence-electron chi connectivity index (χ2n) is 3.14. The van der Waals surface area contributed by atoms with Crippen LogP contribution in [0.25, 0.3) is 0 Å². The summed E-state index contributed by atoms with van der Waals surface area (Å²) < 4.78 is 54.6. The van der Waals surface area contributed by atoms with E-state index in [1.54, 1.807) is 4.72 Å². The number of nitrogens with zero attached hydrogens (tertiary/aromatic N) is 1. The Morgan fingerprint density at radius 3 is 2.67 bits per heavy atom. The summed E-state index contributed by atoms with van der Waals surface area (Å²) >= 11 is 0. The Balaban J connectivity index is 2.79. The van der Waals surface area contributed by atoms with Crippen molar-refractivity contribution < 1.29 is 26.7 Å². The zero-order chi connectivity index (χ0) is 13.8. The molecule has 9 heteroatoms. The van der Waals surface area contributed by atoms with Gasteiger partial charge in [-0.15, -0.1) is 0 Å². The van der Waals surface area contributed by atoms with E-state index in [0.717, 1.165) is 12.1 Å². The van der Waals surface area contributed by atoms with Crippen LogP contribution in [0.15, 0.2) is 12.1 Å². The van der Waals surface area contributed by atoms with Gasteiger partial charge in [0.2, 0.25) is 21.9 Å². The molecule has 0 aromatic carbocycles. The maximum absolute atomic E-state index is 13.1. The monoisotopic (exact) mass is 280 g/mol. The van der Waals surface area contributed by atoms with E-state index in [4.69, 9.17) is 0 Å². The molecule has 1 aromatic heterocycles. The second-order valence-corrected chi connectivity index (χ2v) is 4.86. The van der Waals surface area contributed by atoms with E-state index in [2.05, 4.69) is 9.72 Å². The van der Waals surface area contributed by atoms with Crippen LogP contribution >= 0.6 is 0 Å². The number of hydrogen-bond acceptors (Lipinski definition) is 5. The number of sulfonamides is 1. The number of esters is 1. The van der Waals surface area contributed by atoms with Gasteiger partial charge in [-0.1, -0.05) is 0 Å². The Kier molecular flexibility index (Phi) is 4.54. The van der Waals surface area contributed by atoms with Crippen molar-refractivity contribution in [1.82, 2.24) is 4.98 Å². The van der Waals surface area contributed by atoms with Crippen LogP contribution in [0.2, 0.25) is 0 Å². The average Bonchev–Trinajstić information content (AvgIpc) is 2.21. The number of hydrogen-bond donors (Lipinski definition) is 1. The lowest BCUT2D eigenvalue weighted by molar-refractivity contribution is -0.139. The molecule has 0 bridgehead atoms. The van der Waals surface area contributed by atoms with E-state index < -0.39 is 39.3 Å². The molecule has 0 saturated carbocycles. The van der Waals surface area contributed by atoms with E-state index in [0.29, 0.717) is 0 Å². The lowest BCUT2D eigenvalue weighted by atomic mass is 10.4. The van der Waals surface area contributed by atoms with E-state index in [-0.39, 0.29) is 6.61 Å². The minimum absolute atomic E-state index is 0.0286. The van der Waals surface area contributed by atoms with Gasteiger partial charge in [-0.05, 0) is 19.1 Å². The average molecular weight is 280 g/mol. The van der Waals surface area contributed by atoms with Crippen molar-refractivity contribution >= 4 is 21.7 Å². The van der Waals surface area contributed by atoms with Gasteiger partial charge in [-0.25, -0.2) is 8.42 Å². The molecule has 0 aliphatic carbocycles. The zero-order valence-corrected chi connectivity index (χ0v) is 10.1. The molecule has 6 nitrogen and oxygen atoms in total. The van der Waals surface area contributed by atoms with Gasteiger partial charge in [-0.2, -0.15) is 13.8 Å². The van der Waals surface area contributed by atoms with Crippen molar-refractivity contribution in [3.05, 3.63) is 24.0 Å². The third-order valence-electron chi connectivity index (χ3n) is 1.69. The summed E-state index contributed by atoms with van der Waals surface area (Å²) in [6.45, 7) is 1.54. The molecule has 0 aliphatic heterocycles. The van der Waals surface area contributed by atoms with Gasteiger partial charge in [0.1, 0.15) is 5.69 Å². The standard InChI is InChI=1S/C9H10F2N2O4S/c1-2-17-8(14)5-18(15,16)13-6-3-4-7(10)12-9(6)11/h3-4,13H,2,5H2,1H3. The van der Waals surface area contributed by atoms with Gasteiger partial charge < -0.3 is 4.74 Å². The number of carbonyl (C=O) groups is 1. The van der Waals surface area contributed by atoms with Crippen molar-refractivity contribution in [2.24, 2.45) is 0 Å². The predicted octanol–water partition coefficient (Wildman–Crippen LogP) is 0.665. The molecule has 0 unspecified atom stereocenters. The number of aromatic nitrogens is 1. The molecule has 18 heavy (non-hydrogen) atoms. The van der Waals surface area contributed by atoms with Crippen LogP contribution in [0, 0.1) is 11.9 Å². The van der Waals surface area contributed by atoms with Crippen LogP contribution in [-0.4, -0.2) is 31.7 Å². The highest BCUT2D eigenvalue weighted by Crippen LogP contribution is 2.13. The molecule has 1 heterocycles. The Bertz CT molecular complexity index is 547. The van der Waals surface area contributed by atoms with Crippen LogP contribution in [-0.2, 0) is 19.6 Å². The van der Waals surface area contributed by atoms with Crippen LogP contribution in [0.3, 0.4) is 0 Å². The molecular weight excluding hydrogens is 270 g/mol. The minimum Gasteiger partial charge on any atom is -0.465 e. The van der Waals surface area contributed by atoms with Crippen molar-refractivity contribution in [3.63, 3.8) is 0 Å². The third-order valence-corrected chi connectivity index (χ3v) is 2.84. The molecule has 0 radical (unpaired) electrons. The summed E-state index contributed by atoms with van der Waals surface area (Å²) in [7, 11) is -4.12. The first-order valence-electron chi connectivity index (χ1n) is 4.82. The predicted molar refractivity (Wildman–Crippen MR) is 58.2 cm³/mol. The van der Waals surface area contributed by atoms with Crippen LogP contribution in [0.5, 0.6) is 0 Å². The number of rotatable bonds is 5. The molecule has 0 spiro atoms. The van der Waals surface area contributed by atoms with Crippen molar-refractivity contribution in [3.8, 4) is 0 Å². The smallest absolute Gasteiger partial charge is 0.323 e. The van der Waals surface area contributed by atoms with Crippen LogP contribution in [0.4, 0.5) is 14.5 Å². The normalized spacial score (nSPS) is 11.1. The van der Waals surface area contributed by atoms with Crippen LogP contribution < -0.4 is 4.72 Å². The molecule has 0 saturated heterocycles.